The highest BCUT2D eigenvalue weighted by atomic mass is 16.5. The molecule has 1 N–H and O–H groups in total. The Balaban J connectivity index is 2.85. The van der Waals surface area contributed by atoms with E-state index in [0.29, 0.717) is 19.6 Å². The van der Waals surface area contributed by atoms with Gasteiger partial charge in [0, 0.05) is 20.1 Å². The molecule has 22 heavy (non-hydrogen) atoms. The molecule has 1 rings (SSSR count). The van der Waals surface area contributed by atoms with Gasteiger partial charge < -0.3 is 15.0 Å². The molecule has 6 heteroatoms. The lowest BCUT2D eigenvalue weighted by atomic mass is 9.85. The number of methoxy groups -OCH3 is 1. The molecule has 0 aliphatic carbocycles. The van der Waals surface area contributed by atoms with Gasteiger partial charge >= 0.3 is 0 Å². The van der Waals surface area contributed by atoms with Crippen molar-refractivity contribution in [2.24, 2.45) is 5.41 Å². The number of Topliss-reactive ketones (excluding diaryl/α,β-unsaturated/α-hetero) is 1. The van der Waals surface area contributed by atoms with Crippen LogP contribution in [0, 0.1) is 5.41 Å². The van der Waals surface area contributed by atoms with E-state index in [2.05, 4.69) is 5.32 Å². The minimum Gasteiger partial charge on any atom is -0.384 e. The highest BCUT2D eigenvalue weighted by Crippen LogP contribution is 2.26. The first-order chi connectivity index (χ1) is 10.2. The van der Waals surface area contributed by atoms with Gasteiger partial charge in [0.25, 0.3) is 0 Å². The summed E-state index contributed by atoms with van der Waals surface area (Å²) in [5.74, 6) is -0.381. The molecule has 6 nitrogen and oxygen atoms in total. The fourth-order valence-corrected chi connectivity index (χ4v) is 2.70. The monoisotopic (exact) mass is 312 g/mol. The Labute approximate surface area is 132 Å². The highest BCUT2D eigenvalue weighted by molar-refractivity contribution is 5.93. The van der Waals surface area contributed by atoms with Crippen LogP contribution in [0.5, 0.6) is 0 Å². The molecule has 1 fully saturated rings. The van der Waals surface area contributed by atoms with Crippen molar-refractivity contribution < 1.29 is 19.1 Å². The van der Waals surface area contributed by atoms with Crippen LogP contribution in [0.2, 0.25) is 0 Å². The van der Waals surface area contributed by atoms with Crippen LogP contribution in [0.4, 0.5) is 0 Å². The first-order valence-electron chi connectivity index (χ1n) is 7.77. The summed E-state index contributed by atoms with van der Waals surface area (Å²) in [6.45, 7) is 8.13. The SMILES string of the molecule is COCCC(=O)N[C@H](C(=O)N1CCC[C@H]1C(C)=O)C(C)(C)C. The Hall–Kier alpha value is -1.43. The fourth-order valence-electron chi connectivity index (χ4n) is 2.70. The molecule has 0 radical (unpaired) electrons. The molecule has 0 bridgehead atoms. The van der Waals surface area contributed by atoms with E-state index in [4.69, 9.17) is 4.74 Å². The Kier molecular flexibility index (Phi) is 6.53. The summed E-state index contributed by atoms with van der Waals surface area (Å²) in [7, 11) is 1.53. The van der Waals surface area contributed by atoms with Crippen molar-refractivity contribution >= 4 is 17.6 Å². The first kappa shape index (κ1) is 18.6. The molecule has 0 aromatic rings. The van der Waals surface area contributed by atoms with Gasteiger partial charge in [0.15, 0.2) is 5.78 Å². The minimum atomic E-state index is -0.642. The number of ketones is 1. The number of nitrogens with one attached hydrogen (secondary N) is 1. The molecular formula is C16H28N2O4. The van der Waals surface area contributed by atoms with Gasteiger partial charge in [-0.2, -0.15) is 0 Å². The molecule has 126 valence electrons. The summed E-state index contributed by atoms with van der Waals surface area (Å²) < 4.78 is 4.89. The second-order valence-electron chi connectivity index (χ2n) is 6.91. The van der Waals surface area contributed by atoms with Crippen LogP contribution in [0.3, 0.4) is 0 Å². The first-order valence-corrected chi connectivity index (χ1v) is 7.77. The lowest BCUT2D eigenvalue weighted by Gasteiger charge is -2.35. The predicted molar refractivity (Wildman–Crippen MR) is 83.3 cm³/mol. The number of amides is 2. The fraction of sp³-hybridized carbons (Fsp3) is 0.812. The second-order valence-corrected chi connectivity index (χ2v) is 6.91. The topological polar surface area (TPSA) is 75.7 Å². The van der Waals surface area contributed by atoms with Crippen LogP contribution in [-0.2, 0) is 19.1 Å². The quantitative estimate of drug-likeness (QED) is 0.798. The summed E-state index contributed by atoms with van der Waals surface area (Å²) in [4.78, 5) is 38.1. The van der Waals surface area contributed by atoms with E-state index in [-0.39, 0.29) is 30.1 Å². The molecular weight excluding hydrogens is 284 g/mol. The van der Waals surface area contributed by atoms with Gasteiger partial charge in [-0.15, -0.1) is 0 Å². The molecule has 0 aromatic heterocycles. The normalized spacial score (nSPS) is 19.9. The van der Waals surface area contributed by atoms with Gasteiger partial charge in [-0.1, -0.05) is 20.8 Å². The highest BCUT2D eigenvalue weighted by Gasteiger charge is 2.40. The molecule has 1 saturated heterocycles. The number of carbonyl (C=O) groups excluding carboxylic acids is 3. The maximum absolute atomic E-state index is 12.8. The lowest BCUT2D eigenvalue weighted by Crippen LogP contribution is -2.56. The van der Waals surface area contributed by atoms with Gasteiger partial charge in [-0.05, 0) is 25.2 Å². The number of nitrogens with zero attached hydrogens (tertiary/aromatic N) is 1. The zero-order chi connectivity index (χ0) is 16.9. The predicted octanol–water partition coefficient (Wildman–Crippen LogP) is 1.13. The van der Waals surface area contributed by atoms with E-state index in [1.165, 1.54) is 14.0 Å². The van der Waals surface area contributed by atoms with Crippen molar-refractivity contribution in [2.75, 3.05) is 20.3 Å². The van der Waals surface area contributed by atoms with Crippen LogP contribution in [0.25, 0.3) is 0 Å². The third-order valence-corrected chi connectivity index (χ3v) is 3.96. The van der Waals surface area contributed by atoms with Crippen LogP contribution in [0.1, 0.15) is 47.0 Å². The smallest absolute Gasteiger partial charge is 0.246 e. The van der Waals surface area contributed by atoms with E-state index >= 15 is 0 Å². The third-order valence-electron chi connectivity index (χ3n) is 3.96. The number of hydrogen-bond acceptors (Lipinski definition) is 4. The van der Waals surface area contributed by atoms with Crippen molar-refractivity contribution in [2.45, 2.75) is 59.0 Å². The van der Waals surface area contributed by atoms with Gasteiger partial charge in [-0.25, -0.2) is 0 Å². The maximum Gasteiger partial charge on any atom is 0.246 e. The van der Waals surface area contributed by atoms with E-state index in [0.717, 1.165) is 6.42 Å². The zero-order valence-corrected chi connectivity index (χ0v) is 14.3. The van der Waals surface area contributed by atoms with Crippen molar-refractivity contribution in [3.8, 4) is 0 Å². The minimum absolute atomic E-state index is 0.00391. The van der Waals surface area contributed by atoms with E-state index in [1.807, 2.05) is 20.8 Å². The average Bonchev–Trinajstić information content (AvgIpc) is 2.90. The number of rotatable bonds is 6. The molecule has 0 aromatic carbocycles. The molecule has 1 aliphatic heterocycles. The summed E-state index contributed by atoms with van der Waals surface area (Å²) >= 11 is 0. The lowest BCUT2D eigenvalue weighted by molar-refractivity contribution is -0.143. The Morgan fingerprint density at radius 2 is 1.95 bits per heavy atom. The van der Waals surface area contributed by atoms with Crippen molar-refractivity contribution in [1.82, 2.24) is 10.2 Å². The van der Waals surface area contributed by atoms with Crippen molar-refractivity contribution in [1.29, 1.82) is 0 Å². The molecule has 2 amide bonds. The van der Waals surface area contributed by atoms with Gasteiger partial charge in [-0.3, -0.25) is 14.4 Å². The van der Waals surface area contributed by atoms with Crippen LogP contribution in [-0.4, -0.2) is 54.8 Å². The molecule has 2 atom stereocenters. The third kappa shape index (κ3) is 4.80. The van der Waals surface area contributed by atoms with Crippen LogP contribution in [0.15, 0.2) is 0 Å². The molecule has 1 aliphatic rings. The number of likely N-dealkylation sites (tertiary alicyclic amines) is 1. The van der Waals surface area contributed by atoms with E-state index < -0.39 is 11.5 Å². The largest absolute Gasteiger partial charge is 0.384 e. The summed E-state index contributed by atoms with van der Waals surface area (Å²) in [6, 6.07) is -0.995. The standard InChI is InChI=1S/C16H28N2O4/c1-11(19)12-7-6-9-18(12)15(21)14(16(2,3)4)17-13(20)8-10-22-5/h12,14H,6-10H2,1-5H3,(H,17,20)/t12-,14+/m0/s1. The second kappa shape index (κ2) is 7.72. The molecule has 0 unspecified atom stereocenters. The van der Waals surface area contributed by atoms with Crippen molar-refractivity contribution in [3.05, 3.63) is 0 Å². The van der Waals surface area contributed by atoms with Gasteiger partial charge in [0.2, 0.25) is 11.8 Å². The van der Waals surface area contributed by atoms with Gasteiger partial charge in [0.1, 0.15) is 6.04 Å². The van der Waals surface area contributed by atoms with Crippen molar-refractivity contribution in [3.63, 3.8) is 0 Å². The number of ether oxygens (including phenoxy) is 1. The van der Waals surface area contributed by atoms with Gasteiger partial charge in [0.05, 0.1) is 12.6 Å². The summed E-state index contributed by atoms with van der Waals surface area (Å²) in [5, 5.41) is 2.81. The summed E-state index contributed by atoms with van der Waals surface area (Å²) in [6.07, 6.45) is 1.74. The average molecular weight is 312 g/mol. The zero-order valence-electron chi connectivity index (χ0n) is 14.3. The maximum atomic E-state index is 12.8. The number of hydrogen-bond donors (Lipinski definition) is 1. The molecule has 1 heterocycles. The Bertz CT molecular complexity index is 428. The van der Waals surface area contributed by atoms with Crippen LogP contribution >= 0.6 is 0 Å². The van der Waals surface area contributed by atoms with E-state index in [9.17, 15) is 14.4 Å². The van der Waals surface area contributed by atoms with Crippen LogP contribution < -0.4 is 5.32 Å². The Morgan fingerprint density at radius 3 is 2.45 bits per heavy atom. The molecule has 0 spiro atoms. The Morgan fingerprint density at radius 1 is 1.32 bits per heavy atom. The number of carbonyl (C=O) groups is 3. The van der Waals surface area contributed by atoms with E-state index in [1.54, 1.807) is 4.90 Å². The molecule has 0 saturated carbocycles. The summed E-state index contributed by atoms with van der Waals surface area (Å²) in [5.41, 5.74) is -0.427.